The van der Waals surface area contributed by atoms with Gasteiger partial charge in [-0.2, -0.15) is 4.98 Å². The Labute approximate surface area is 172 Å². The van der Waals surface area contributed by atoms with Crippen molar-refractivity contribution in [2.75, 3.05) is 26.7 Å². The van der Waals surface area contributed by atoms with E-state index in [0.717, 1.165) is 0 Å². The van der Waals surface area contributed by atoms with Crippen LogP contribution in [0.25, 0.3) is 0 Å². The highest BCUT2D eigenvalue weighted by Crippen LogP contribution is 2.28. The van der Waals surface area contributed by atoms with Crippen molar-refractivity contribution in [1.82, 2.24) is 25.3 Å². The number of aliphatic hydroxyl groups is 1. The van der Waals surface area contributed by atoms with E-state index in [9.17, 15) is 19.5 Å². The topological polar surface area (TPSA) is 175 Å². The number of amides is 3. The molecule has 0 unspecified atom stereocenters. The molecule has 13 nitrogen and oxygen atoms in total. The van der Waals surface area contributed by atoms with Crippen molar-refractivity contribution in [3.63, 3.8) is 0 Å². The molecule has 1 aliphatic heterocycles. The Kier molecular flexibility index (Phi) is 8.09. The zero-order valence-electron chi connectivity index (χ0n) is 16.7. The monoisotopic (exact) mass is 427 g/mol. The van der Waals surface area contributed by atoms with Crippen molar-refractivity contribution < 1.29 is 38.7 Å². The van der Waals surface area contributed by atoms with Gasteiger partial charge < -0.3 is 29.7 Å². The van der Waals surface area contributed by atoms with Crippen molar-refractivity contribution in [3.8, 4) is 0 Å². The summed E-state index contributed by atoms with van der Waals surface area (Å²) in [6.45, 7) is 2.12. The molecular formula is C17H25N5O8. The highest BCUT2D eigenvalue weighted by Gasteiger charge is 2.39. The van der Waals surface area contributed by atoms with Crippen molar-refractivity contribution in [2.24, 2.45) is 5.92 Å². The number of carboxylic acid groups (broad SMARTS) is 1. The van der Waals surface area contributed by atoms with E-state index in [0.29, 0.717) is 24.7 Å². The molecule has 1 saturated heterocycles. The van der Waals surface area contributed by atoms with Crippen LogP contribution in [0.4, 0.5) is 4.79 Å². The van der Waals surface area contributed by atoms with Gasteiger partial charge in [0.25, 0.3) is 6.47 Å². The summed E-state index contributed by atoms with van der Waals surface area (Å²) in [7, 11) is 1.63. The summed E-state index contributed by atoms with van der Waals surface area (Å²) in [5, 5.41) is 23.6. The van der Waals surface area contributed by atoms with Gasteiger partial charge in [-0.15, -0.1) is 0 Å². The molecule has 3 N–H and O–H groups in total. The number of aliphatic hydroxyl groups excluding tert-OH is 1. The van der Waals surface area contributed by atoms with Crippen LogP contribution in [0.15, 0.2) is 4.52 Å². The number of cyclic esters (lactones) is 1. The summed E-state index contributed by atoms with van der Waals surface area (Å²) in [6, 6.07) is -0.536. The van der Waals surface area contributed by atoms with E-state index in [-0.39, 0.29) is 44.4 Å². The van der Waals surface area contributed by atoms with Gasteiger partial charge in [0.2, 0.25) is 17.7 Å². The van der Waals surface area contributed by atoms with Crippen LogP contribution in [-0.4, -0.2) is 93.4 Å². The Morgan fingerprint density at radius 3 is 2.67 bits per heavy atom. The highest BCUT2D eigenvalue weighted by molar-refractivity contribution is 5.83. The number of ether oxygens (including phenoxy) is 1. The molecule has 13 heteroatoms. The molecule has 30 heavy (non-hydrogen) atoms. The minimum atomic E-state index is -0.825. The van der Waals surface area contributed by atoms with Crippen LogP contribution >= 0.6 is 0 Å². The van der Waals surface area contributed by atoms with Gasteiger partial charge in [-0.05, 0) is 12.8 Å². The molecule has 1 aromatic rings. The Morgan fingerprint density at radius 2 is 2.10 bits per heavy atom. The summed E-state index contributed by atoms with van der Waals surface area (Å²) in [5.74, 6) is -0.130. The summed E-state index contributed by atoms with van der Waals surface area (Å²) in [6.07, 6.45) is -0.769. The van der Waals surface area contributed by atoms with Crippen LogP contribution in [0.3, 0.4) is 0 Å². The molecule has 2 fully saturated rings. The molecule has 1 aromatic heterocycles. The number of hydrogen-bond acceptors (Lipinski definition) is 9. The van der Waals surface area contributed by atoms with E-state index in [2.05, 4.69) is 15.5 Å². The Hall–Kier alpha value is -3.22. The first kappa shape index (κ1) is 23.1. The van der Waals surface area contributed by atoms with E-state index in [1.807, 2.05) is 0 Å². The first-order valence-electron chi connectivity index (χ1n) is 9.26. The number of nitrogens with zero attached hydrogens (tertiary/aromatic N) is 4. The van der Waals surface area contributed by atoms with Crippen LogP contribution in [-0.2, 0) is 25.7 Å². The van der Waals surface area contributed by atoms with Gasteiger partial charge >= 0.3 is 6.09 Å². The quantitative estimate of drug-likeness (QED) is 0.465. The zero-order chi connectivity index (χ0) is 22.3. The number of aromatic nitrogens is 2. The molecule has 0 bridgehead atoms. The lowest BCUT2D eigenvalue weighted by molar-refractivity contribution is -0.135. The predicted octanol–water partition coefficient (Wildman–Crippen LogP) is -1.25. The van der Waals surface area contributed by atoms with Gasteiger partial charge in [-0.1, -0.05) is 5.16 Å². The maximum atomic E-state index is 12.6. The lowest BCUT2D eigenvalue weighted by Crippen LogP contribution is -2.45. The number of hydrogen-bond donors (Lipinski definition) is 3. The van der Waals surface area contributed by atoms with Crippen molar-refractivity contribution in [1.29, 1.82) is 0 Å². The zero-order valence-corrected chi connectivity index (χ0v) is 16.7. The van der Waals surface area contributed by atoms with Crippen molar-refractivity contribution in [2.45, 2.75) is 38.5 Å². The molecular weight excluding hydrogens is 402 g/mol. The molecule has 3 amide bonds. The molecule has 166 valence electrons. The first-order chi connectivity index (χ1) is 14.2. The maximum absolute atomic E-state index is 12.6. The molecule has 1 aliphatic carbocycles. The summed E-state index contributed by atoms with van der Waals surface area (Å²) in [5.41, 5.74) is 0. The summed E-state index contributed by atoms with van der Waals surface area (Å²) >= 11 is 0. The Balaban J connectivity index is 0.00000101. The number of nitrogens with one attached hydrogen (secondary N) is 1. The van der Waals surface area contributed by atoms with Crippen LogP contribution in [0.1, 0.15) is 24.6 Å². The fourth-order valence-electron chi connectivity index (χ4n) is 3.37. The SMILES string of the molecule is Cc1nc(CN(C)C(=O)[C@@H]2C[C@@H](O)[C@H](NC(=O)CN3CCOC3=O)C2)no1.O=CO. The van der Waals surface area contributed by atoms with E-state index in [1.165, 1.54) is 9.80 Å². The third kappa shape index (κ3) is 6.14. The smallest absolute Gasteiger partial charge is 0.410 e. The molecule has 0 spiro atoms. The van der Waals surface area contributed by atoms with Gasteiger partial charge in [-0.25, -0.2) is 4.79 Å². The van der Waals surface area contributed by atoms with E-state index < -0.39 is 24.2 Å². The summed E-state index contributed by atoms with van der Waals surface area (Å²) in [4.78, 5) is 51.3. The normalized spacial score (nSPS) is 22.7. The number of aryl methyl sites for hydroxylation is 1. The molecule has 0 radical (unpaired) electrons. The van der Waals surface area contributed by atoms with Crippen molar-refractivity contribution >= 4 is 24.4 Å². The summed E-state index contributed by atoms with van der Waals surface area (Å²) < 4.78 is 9.66. The fourth-order valence-corrected chi connectivity index (χ4v) is 3.37. The second kappa shape index (κ2) is 10.5. The number of carbonyl (C=O) groups is 4. The average molecular weight is 427 g/mol. The molecule has 0 aromatic carbocycles. The van der Waals surface area contributed by atoms with Gasteiger partial charge in [0, 0.05) is 19.9 Å². The third-order valence-electron chi connectivity index (χ3n) is 4.73. The Bertz CT molecular complexity index is 769. The highest BCUT2D eigenvalue weighted by atomic mass is 16.6. The van der Waals surface area contributed by atoms with Crippen molar-refractivity contribution in [3.05, 3.63) is 11.7 Å². The number of carbonyl (C=O) groups excluding carboxylic acids is 3. The molecule has 1 saturated carbocycles. The molecule has 2 heterocycles. The fraction of sp³-hybridized carbons (Fsp3) is 0.647. The van der Waals surface area contributed by atoms with E-state index in [4.69, 9.17) is 19.2 Å². The molecule has 3 atom stereocenters. The molecule has 2 aliphatic rings. The average Bonchev–Trinajstić information content (AvgIpc) is 3.37. The minimum Gasteiger partial charge on any atom is -0.483 e. The second-order valence-electron chi connectivity index (χ2n) is 6.97. The lowest BCUT2D eigenvalue weighted by atomic mass is 10.1. The van der Waals surface area contributed by atoms with Crippen LogP contribution < -0.4 is 5.32 Å². The standard InChI is InChI=1S/C16H23N5O6.CH2O2/c1-9-17-13(19-27-9)7-20(2)15(24)10-5-11(12(22)6-10)18-14(23)8-21-3-4-26-16(21)25;2-1-3/h10-12,22H,3-8H2,1-2H3,(H,18,23);1H,(H,2,3)/t10-,11+,12+;/m0./s1. The number of rotatable bonds is 6. The van der Waals surface area contributed by atoms with Crippen LogP contribution in [0, 0.1) is 12.8 Å². The third-order valence-corrected chi connectivity index (χ3v) is 4.73. The molecule has 3 rings (SSSR count). The Morgan fingerprint density at radius 1 is 1.40 bits per heavy atom. The van der Waals surface area contributed by atoms with E-state index >= 15 is 0 Å². The first-order valence-corrected chi connectivity index (χ1v) is 9.26. The van der Waals surface area contributed by atoms with Crippen LogP contribution in [0.2, 0.25) is 0 Å². The van der Waals surface area contributed by atoms with Gasteiger partial charge in [0.05, 0.1) is 25.2 Å². The minimum absolute atomic E-state index is 0.127. The van der Waals surface area contributed by atoms with Gasteiger partial charge in [-0.3, -0.25) is 19.3 Å². The lowest BCUT2D eigenvalue weighted by Gasteiger charge is -2.20. The largest absolute Gasteiger partial charge is 0.483 e. The van der Waals surface area contributed by atoms with Gasteiger partial charge in [0.15, 0.2) is 5.82 Å². The maximum Gasteiger partial charge on any atom is 0.410 e. The van der Waals surface area contributed by atoms with E-state index in [1.54, 1.807) is 14.0 Å². The van der Waals surface area contributed by atoms with Crippen LogP contribution in [0.5, 0.6) is 0 Å². The second-order valence-corrected chi connectivity index (χ2v) is 6.97. The predicted molar refractivity (Wildman–Crippen MR) is 97.8 cm³/mol. The van der Waals surface area contributed by atoms with Gasteiger partial charge in [0.1, 0.15) is 13.2 Å².